The van der Waals surface area contributed by atoms with Crippen molar-refractivity contribution >= 4 is 23.5 Å². The van der Waals surface area contributed by atoms with Crippen molar-refractivity contribution in [2.24, 2.45) is 5.92 Å². The van der Waals surface area contributed by atoms with Crippen molar-refractivity contribution in [2.75, 3.05) is 39.3 Å². The van der Waals surface area contributed by atoms with Gasteiger partial charge in [0, 0.05) is 49.6 Å². The third-order valence-corrected chi connectivity index (χ3v) is 4.88. The minimum absolute atomic E-state index is 0.0888. The molecule has 2 fully saturated rings. The van der Waals surface area contributed by atoms with Gasteiger partial charge in [0.05, 0.1) is 6.54 Å². The average Bonchev–Trinajstić information content (AvgIpc) is 3.10. The van der Waals surface area contributed by atoms with E-state index < -0.39 is 0 Å². The van der Waals surface area contributed by atoms with Crippen molar-refractivity contribution in [3.63, 3.8) is 0 Å². The Balaban J connectivity index is 1.61. The summed E-state index contributed by atoms with van der Waals surface area (Å²) in [5, 5.41) is 12.9. The molecule has 7 heteroatoms. The van der Waals surface area contributed by atoms with Gasteiger partial charge < -0.3 is 15.3 Å². The number of halogens is 1. The molecule has 6 nitrogen and oxygen atoms in total. The van der Waals surface area contributed by atoms with Crippen LogP contribution in [0, 0.1) is 5.92 Å². The molecular formula is C16H20ClN3O3. The Hall–Kier alpha value is -1.63. The van der Waals surface area contributed by atoms with Crippen molar-refractivity contribution in [3.05, 3.63) is 34.9 Å². The van der Waals surface area contributed by atoms with Crippen LogP contribution >= 0.6 is 11.6 Å². The molecule has 0 aliphatic carbocycles. The minimum atomic E-state index is -0.317. The fourth-order valence-corrected chi connectivity index (χ4v) is 3.46. The summed E-state index contributed by atoms with van der Waals surface area (Å²) < 4.78 is 0. The van der Waals surface area contributed by atoms with E-state index in [2.05, 4.69) is 10.2 Å². The Bertz CT molecular complexity index is 577. The zero-order valence-electron chi connectivity index (χ0n) is 12.7. The van der Waals surface area contributed by atoms with Gasteiger partial charge in [-0.2, -0.15) is 0 Å². The molecule has 2 heterocycles. The Morgan fingerprint density at radius 2 is 1.91 bits per heavy atom. The van der Waals surface area contributed by atoms with Crippen LogP contribution in [0.25, 0.3) is 0 Å². The normalized spacial score (nSPS) is 25.2. The molecule has 2 N–H and O–H groups in total. The van der Waals surface area contributed by atoms with E-state index in [1.807, 2.05) is 24.3 Å². The predicted molar refractivity (Wildman–Crippen MR) is 86.3 cm³/mol. The zero-order valence-corrected chi connectivity index (χ0v) is 13.5. The molecule has 0 unspecified atom stereocenters. The van der Waals surface area contributed by atoms with Crippen LogP contribution in [0.4, 0.5) is 4.79 Å². The van der Waals surface area contributed by atoms with Gasteiger partial charge in [-0.1, -0.05) is 23.7 Å². The predicted octanol–water partition coefficient (Wildman–Crippen LogP) is 0.900. The SMILES string of the molecule is O=C1CNC(=O)N1CCN1C[C@@H](CO)[C@H](c2ccc(Cl)cc2)C1. The summed E-state index contributed by atoms with van der Waals surface area (Å²) in [6.07, 6.45) is 0. The lowest BCUT2D eigenvalue weighted by Gasteiger charge is -2.19. The van der Waals surface area contributed by atoms with Crippen molar-refractivity contribution < 1.29 is 14.7 Å². The number of aliphatic hydroxyl groups excluding tert-OH is 1. The summed E-state index contributed by atoms with van der Waals surface area (Å²) >= 11 is 5.93. The lowest BCUT2D eigenvalue weighted by atomic mass is 9.90. The van der Waals surface area contributed by atoms with E-state index >= 15 is 0 Å². The van der Waals surface area contributed by atoms with Crippen molar-refractivity contribution in [2.45, 2.75) is 5.92 Å². The van der Waals surface area contributed by atoms with E-state index in [-0.39, 0.29) is 36.9 Å². The summed E-state index contributed by atoms with van der Waals surface area (Å²) in [6.45, 7) is 2.78. The standard InChI is InChI=1S/C16H20ClN3O3/c17-13-3-1-11(2-4-13)14-9-19(8-12(14)10-21)5-6-20-15(22)7-18-16(20)23/h1-4,12,14,21H,5-10H2,(H,18,23)/t12-,14-/m0/s1. The van der Waals surface area contributed by atoms with Gasteiger partial charge in [-0.05, 0) is 17.7 Å². The summed E-state index contributed by atoms with van der Waals surface area (Å²) in [5.74, 6) is 0.210. The van der Waals surface area contributed by atoms with Crippen molar-refractivity contribution in [3.8, 4) is 0 Å². The van der Waals surface area contributed by atoms with E-state index in [4.69, 9.17) is 11.6 Å². The van der Waals surface area contributed by atoms with Crippen LogP contribution in [-0.2, 0) is 4.79 Å². The van der Waals surface area contributed by atoms with Gasteiger partial charge in [0.15, 0.2) is 0 Å². The number of imide groups is 1. The van der Waals surface area contributed by atoms with E-state index in [1.165, 1.54) is 4.90 Å². The van der Waals surface area contributed by atoms with Gasteiger partial charge in [0.25, 0.3) is 0 Å². The highest BCUT2D eigenvalue weighted by molar-refractivity contribution is 6.30. The monoisotopic (exact) mass is 337 g/mol. The first-order valence-corrected chi connectivity index (χ1v) is 8.13. The van der Waals surface area contributed by atoms with Crippen LogP contribution in [-0.4, -0.2) is 66.2 Å². The van der Waals surface area contributed by atoms with Gasteiger partial charge in [-0.15, -0.1) is 0 Å². The summed E-state index contributed by atoms with van der Waals surface area (Å²) in [7, 11) is 0. The topological polar surface area (TPSA) is 72.9 Å². The van der Waals surface area contributed by atoms with Crippen LogP contribution < -0.4 is 5.32 Å². The van der Waals surface area contributed by atoms with Gasteiger partial charge in [-0.3, -0.25) is 9.69 Å². The number of benzene rings is 1. The average molecular weight is 338 g/mol. The molecule has 23 heavy (non-hydrogen) atoms. The highest BCUT2D eigenvalue weighted by Crippen LogP contribution is 2.32. The molecule has 3 rings (SSSR count). The van der Waals surface area contributed by atoms with Crippen molar-refractivity contribution in [1.82, 2.24) is 15.1 Å². The number of carbonyl (C=O) groups excluding carboxylic acids is 2. The second kappa shape index (κ2) is 6.86. The molecule has 2 atom stereocenters. The van der Waals surface area contributed by atoms with E-state index in [0.29, 0.717) is 18.1 Å². The number of hydrogen-bond donors (Lipinski definition) is 2. The van der Waals surface area contributed by atoms with Crippen LogP contribution in [0.15, 0.2) is 24.3 Å². The molecule has 124 valence electrons. The minimum Gasteiger partial charge on any atom is -0.396 e. The Morgan fingerprint density at radius 1 is 1.17 bits per heavy atom. The third-order valence-electron chi connectivity index (χ3n) is 4.63. The molecule has 3 amide bonds. The molecule has 0 aromatic heterocycles. The molecule has 0 bridgehead atoms. The molecule has 1 aromatic rings. The smallest absolute Gasteiger partial charge is 0.324 e. The number of amides is 3. The highest BCUT2D eigenvalue weighted by Gasteiger charge is 2.34. The Morgan fingerprint density at radius 3 is 2.52 bits per heavy atom. The van der Waals surface area contributed by atoms with Gasteiger partial charge in [0.1, 0.15) is 0 Å². The van der Waals surface area contributed by atoms with Gasteiger partial charge >= 0.3 is 6.03 Å². The Labute approximate surface area is 140 Å². The molecule has 2 saturated heterocycles. The number of urea groups is 1. The number of aliphatic hydroxyl groups is 1. The number of hydrogen-bond acceptors (Lipinski definition) is 4. The maximum atomic E-state index is 11.6. The number of nitrogens with one attached hydrogen (secondary N) is 1. The fraction of sp³-hybridized carbons (Fsp3) is 0.500. The number of likely N-dealkylation sites (tertiary alicyclic amines) is 1. The number of nitrogens with zero attached hydrogens (tertiary/aromatic N) is 2. The first-order valence-electron chi connectivity index (χ1n) is 7.75. The fourth-order valence-electron chi connectivity index (χ4n) is 3.34. The number of rotatable bonds is 5. The molecule has 2 aliphatic heterocycles. The molecule has 1 aromatic carbocycles. The largest absolute Gasteiger partial charge is 0.396 e. The lowest BCUT2D eigenvalue weighted by Crippen LogP contribution is -2.38. The quantitative estimate of drug-likeness (QED) is 0.783. The van der Waals surface area contributed by atoms with Crippen LogP contribution in [0.5, 0.6) is 0 Å². The van der Waals surface area contributed by atoms with Crippen LogP contribution in [0.2, 0.25) is 5.02 Å². The van der Waals surface area contributed by atoms with Crippen LogP contribution in [0.1, 0.15) is 11.5 Å². The summed E-state index contributed by atoms with van der Waals surface area (Å²) in [5.41, 5.74) is 1.16. The van der Waals surface area contributed by atoms with Gasteiger partial charge in [0.2, 0.25) is 5.91 Å². The Kier molecular flexibility index (Phi) is 4.84. The first-order chi connectivity index (χ1) is 11.1. The van der Waals surface area contributed by atoms with E-state index in [9.17, 15) is 14.7 Å². The lowest BCUT2D eigenvalue weighted by molar-refractivity contribution is -0.125. The molecule has 2 aliphatic rings. The van der Waals surface area contributed by atoms with Gasteiger partial charge in [-0.25, -0.2) is 4.79 Å². The summed E-state index contributed by atoms with van der Waals surface area (Å²) in [6, 6.07) is 7.40. The first kappa shape index (κ1) is 16.2. The van der Waals surface area contributed by atoms with E-state index in [0.717, 1.165) is 18.7 Å². The number of carbonyl (C=O) groups is 2. The summed E-state index contributed by atoms with van der Waals surface area (Å²) in [4.78, 5) is 26.6. The molecule has 0 spiro atoms. The van der Waals surface area contributed by atoms with E-state index in [1.54, 1.807) is 0 Å². The maximum Gasteiger partial charge on any atom is 0.324 e. The maximum absolute atomic E-state index is 11.6. The highest BCUT2D eigenvalue weighted by atomic mass is 35.5. The van der Waals surface area contributed by atoms with Crippen LogP contribution in [0.3, 0.4) is 0 Å². The molecule has 0 radical (unpaired) electrons. The third kappa shape index (κ3) is 3.49. The second-order valence-electron chi connectivity index (χ2n) is 6.06. The zero-order chi connectivity index (χ0) is 16.4. The molecular weight excluding hydrogens is 318 g/mol. The second-order valence-corrected chi connectivity index (χ2v) is 6.50. The van der Waals surface area contributed by atoms with Crippen molar-refractivity contribution in [1.29, 1.82) is 0 Å². The molecule has 0 saturated carbocycles.